The number of nitrogens with one attached hydrogen (secondary N) is 1. The Morgan fingerprint density at radius 2 is 2.11 bits per heavy atom. The minimum atomic E-state index is -0.827. The van der Waals surface area contributed by atoms with Crippen LogP contribution in [-0.2, 0) is 0 Å². The molecule has 5 heteroatoms. The summed E-state index contributed by atoms with van der Waals surface area (Å²) in [4.78, 5) is 0.706. The summed E-state index contributed by atoms with van der Waals surface area (Å²) in [7, 11) is 1.76. The van der Waals surface area contributed by atoms with E-state index in [4.69, 9.17) is 5.26 Å². The first-order chi connectivity index (χ1) is 8.50. The lowest BCUT2D eigenvalue weighted by molar-refractivity contribution is 0.451. The highest BCUT2D eigenvalue weighted by Gasteiger charge is 2.19. The third-order valence-electron chi connectivity index (χ3n) is 2.78. The minimum Gasteiger partial charge on any atom is -0.303 e. The molecule has 1 atom stereocenters. The summed E-state index contributed by atoms with van der Waals surface area (Å²) in [6.07, 6.45) is 1.55. The number of hydrogen-bond donors (Lipinski definition) is 1. The first-order valence-corrected chi connectivity index (χ1v) is 6.67. The van der Waals surface area contributed by atoms with Crippen LogP contribution in [0.2, 0.25) is 0 Å². The van der Waals surface area contributed by atoms with Crippen LogP contribution in [0.1, 0.15) is 19.8 Å². The predicted molar refractivity (Wildman–Crippen MR) is 69.4 cm³/mol. The second-order valence-corrected chi connectivity index (χ2v) is 5.39. The number of hydrogen-bond acceptors (Lipinski definition) is 3. The van der Waals surface area contributed by atoms with E-state index in [-0.39, 0.29) is 0 Å². The Balaban J connectivity index is 2.39. The molecule has 1 unspecified atom stereocenters. The van der Waals surface area contributed by atoms with Gasteiger partial charge in [0, 0.05) is 4.90 Å². The van der Waals surface area contributed by atoms with Crippen molar-refractivity contribution in [1.82, 2.24) is 5.32 Å². The molecule has 0 saturated heterocycles. The predicted octanol–water partition coefficient (Wildman–Crippen LogP) is 3.34. The smallest absolute Gasteiger partial charge is 0.159 e. The van der Waals surface area contributed by atoms with Gasteiger partial charge in [0.15, 0.2) is 11.6 Å². The van der Waals surface area contributed by atoms with Gasteiger partial charge in [-0.2, -0.15) is 5.26 Å². The fraction of sp³-hybridized carbons (Fsp3) is 0.462. The zero-order chi connectivity index (χ0) is 13.6. The summed E-state index contributed by atoms with van der Waals surface area (Å²) < 4.78 is 25.7. The summed E-state index contributed by atoms with van der Waals surface area (Å²) in [5.74, 6) is -0.881. The maximum atomic E-state index is 12.9. The van der Waals surface area contributed by atoms with Crippen LogP contribution in [0, 0.1) is 23.0 Å². The Hall–Kier alpha value is -1.12. The first kappa shape index (κ1) is 14.9. The molecule has 1 aromatic carbocycles. The molecular weight excluding hydrogens is 254 g/mol. The highest BCUT2D eigenvalue weighted by Crippen LogP contribution is 2.22. The average Bonchev–Trinajstić information content (AvgIpc) is 2.38. The van der Waals surface area contributed by atoms with Gasteiger partial charge in [-0.05, 0) is 50.8 Å². The molecule has 18 heavy (non-hydrogen) atoms. The van der Waals surface area contributed by atoms with E-state index >= 15 is 0 Å². The van der Waals surface area contributed by atoms with Gasteiger partial charge in [0.05, 0.1) is 6.07 Å². The third kappa shape index (κ3) is 4.28. The SMILES string of the molecule is CNC(C)(C#N)CCCSc1ccc(F)c(F)c1. The van der Waals surface area contributed by atoms with Crippen LogP contribution in [0.5, 0.6) is 0 Å². The van der Waals surface area contributed by atoms with Crippen molar-refractivity contribution in [2.24, 2.45) is 0 Å². The molecule has 0 amide bonds. The minimum absolute atomic E-state index is 0.519. The second kappa shape index (κ2) is 6.72. The molecule has 2 nitrogen and oxygen atoms in total. The van der Waals surface area contributed by atoms with Gasteiger partial charge in [-0.15, -0.1) is 11.8 Å². The molecule has 0 aliphatic carbocycles. The zero-order valence-electron chi connectivity index (χ0n) is 10.5. The number of nitriles is 1. The maximum absolute atomic E-state index is 12.9. The van der Waals surface area contributed by atoms with Crippen LogP contribution in [0.4, 0.5) is 8.78 Å². The van der Waals surface area contributed by atoms with E-state index in [2.05, 4.69) is 11.4 Å². The van der Waals surface area contributed by atoms with Gasteiger partial charge in [-0.3, -0.25) is 0 Å². The molecule has 0 saturated carbocycles. The fourth-order valence-electron chi connectivity index (χ4n) is 1.42. The summed E-state index contributed by atoms with van der Waals surface area (Å²) in [6, 6.07) is 6.10. The highest BCUT2D eigenvalue weighted by molar-refractivity contribution is 7.99. The number of halogens is 2. The molecule has 1 rings (SSSR count). The first-order valence-electron chi connectivity index (χ1n) is 5.69. The largest absolute Gasteiger partial charge is 0.303 e. The van der Waals surface area contributed by atoms with Crippen LogP contribution >= 0.6 is 11.8 Å². The average molecular weight is 270 g/mol. The molecule has 0 radical (unpaired) electrons. The molecule has 0 heterocycles. The summed E-state index contributed by atoms with van der Waals surface area (Å²) >= 11 is 1.46. The van der Waals surface area contributed by atoms with Crippen molar-refractivity contribution >= 4 is 11.8 Å². The van der Waals surface area contributed by atoms with Gasteiger partial charge in [-0.1, -0.05) is 0 Å². The van der Waals surface area contributed by atoms with Crippen LogP contribution in [0.15, 0.2) is 23.1 Å². The van der Waals surface area contributed by atoms with E-state index in [0.29, 0.717) is 4.90 Å². The molecule has 98 valence electrons. The van der Waals surface area contributed by atoms with E-state index in [9.17, 15) is 8.78 Å². The van der Waals surface area contributed by atoms with Gasteiger partial charge >= 0.3 is 0 Å². The topological polar surface area (TPSA) is 35.8 Å². The standard InChI is InChI=1S/C13H16F2N2S/c1-13(9-16,17-2)6-3-7-18-10-4-5-11(14)12(15)8-10/h4-5,8,17H,3,6-7H2,1-2H3. The van der Waals surface area contributed by atoms with Gasteiger partial charge in [0.25, 0.3) is 0 Å². The van der Waals surface area contributed by atoms with E-state index in [0.717, 1.165) is 24.7 Å². The third-order valence-corrected chi connectivity index (χ3v) is 3.86. The van der Waals surface area contributed by atoms with E-state index in [1.807, 2.05) is 6.92 Å². The van der Waals surface area contributed by atoms with Crippen molar-refractivity contribution in [3.63, 3.8) is 0 Å². The van der Waals surface area contributed by atoms with Gasteiger partial charge < -0.3 is 5.32 Å². The molecule has 1 N–H and O–H groups in total. The Bertz CT molecular complexity index is 445. The number of benzene rings is 1. The molecular formula is C13H16F2N2S. The summed E-state index contributed by atoms with van der Waals surface area (Å²) in [6.45, 7) is 1.84. The zero-order valence-corrected chi connectivity index (χ0v) is 11.3. The van der Waals surface area contributed by atoms with E-state index in [1.165, 1.54) is 17.8 Å². The van der Waals surface area contributed by atoms with E-state index < -0.39 is 17.2 Å². The lowest BCUT2D eigenvalue weighted by Gasteiger charge is -2.20. The molecule has 0 spiro atoms. The monoisotopic (exact) mass is 270 g/mol. The lowest BCUT2D eigenvalue weighted by atomic mass is 9.99. The van der Waals surface area contributed by atoms with Crippen molar-refractivity contribution in [3.8, 4) is 6.07 Å². The molecule has 0 aliphatic heterocycles. The Morgan fingerprint density at radius 3 is 2.67 bits per heavy atom. The Kier molecular flexibility index (Phi) is 5.57. The quantitative estimate of drug-likeness (QED) is 0.636. The van der Waals surface area contributed by atoms with Gasteiger partial charge in [0.2, 0.25) is 0 Å². The van der Waals surface area contributed by atoms with Crippen LogP contribution < -0.4 is 5.32 Å². The summed E-state index contributed by atoms with van der Waals surface area (Å²) in [5, 5.41) is 11.9. The molecule has 0 aliphatic rings. The van der Waals surface area contributed by atoms with Crippen molar-refractivity contribution in [3.05, 3.63) is 29.8 Å². The second-order valence-electron chi connectivity index (χ2n) is 4.22. The molecule has 0 fully saturated rings. The van der Waals surface area contributed by atoms with Crippen molar-refractivity contribution < 1.29 is 8.78 Å². The highest BCUT2D eigenvalue weighted by atomic mass is 32.2. The lowest BCUT2D eigenvalue weighted by Crippen LogP contribution is -2.37. The van der Waals surface area contributed by atoms with Gasteiger partial charge in [-0.25, -0.2) is 8.78 Å². The number of nitrogens with zero attached hydrogens (tertiary/aromatic N) is 1. The van der Waals surface area contributed by atoms with Gasteiger partial charge in [0.1, 0.15) is 5.54 Å². The number of rotatable bonds is 6. The molecule has 0 aromatic heterocycles. The van der Waals surface area contributed by atoms with Crippen molar-refractivity contribution in [1.29, 1.82) is 5.26 Å². The van der Waals surface area contributed by atoms with E-state index in [1.54, 1.807) is 13.1 Å². The van der Waals surface area contributed by atoms with Crippen molar-refractivity contribution in [2.75, 3.05) is 12.8 Å². The van der Waals surface area contributed by atoms with Crippen LogP contribution in [0.3, 0.4) is 0 Å². The van der Waals surface area contributed by atoms with Crippen molar-refractivity contribution in [2.45, 2.75) is 30.2 Å². The number of thioether (sulfide) groups is 1. The normalized spacial score (nSPS) is 13.9. The van der Waals surface area contributed by atoms with Crippen LogP contribution in [-0.4, -0.2) is 18.3 Å². The van der Waals surface area contributed by atoms with Crippen LogP contribution in [0.25, 0.3) is 0 Å². The summed E-state index contributed by atoms with van der Waals surface area (Å²) in [5.41, 5.74) is -0.519. The Labute approximate surface area is 110 Å². The Morgan fingerprint density at radius 1 is 1.39 bits per heavy atom. The maximum Gasteiger partial charge on any atom is 0.159 e. The fourth-order valence-corrected chi connectivity index (χ4v) is 2.29. The molecule has 0 bridgehead atoms. The molecule has 1 aromatic rings.